The van der Waals surface area contributed by atoms with E-state index in [1.165, 1.54) is 89.9 Å². The maximum atomic E-state index is 13.5. The van der Waals surface area contributed by atoms with Crippen LogP contribution in [-0.4, -0.2) is 64.4 Å². The number of likely N-dealkylation sites (N-methyl/N-ethyl adjacent to an activating group) is 1. The Morgan fingerprint density at radius 3 is 1.35 bits per heavy atom. The van der Waals surface area contributed by atoms with Crippen LogP contribution in [0, 0.1) is 20.9 Å². The first-order valence-electron chi connectivity index (χ1n) is 27.1. The number of unbranched alkanes of at least 4 members (excludes halogenated alkanes) is 15. The topological polar surface area (TPSA) is 192 Å². The Morgan fingerprint density at radius 1 is 0.547 bits per heavy atom. The first-order valence-corrected chi connectivity index (χ1v) is 27.1. The summed E-state index contributed by atoms with van der Waals surface area (Å²) in [5, 5.41) is 35.1. The summed E-state index contributed by atoms with van der Waals surface area (Å²) in [5.41, 5.74) is 2.95. The minimum atomic E-state index is -0.872. The van der Waals surface area contributed by atoms with Crippen LogP contribution in [0.5, 0.6) is 11.5 Å². The molecule has 4 rings (SSSR count). The second kappa shape index (κ2) is 35.6. The quantitative estimate of drug-likeness (QED) is 0.0142. The lowest BCUT2D eigenvalue weighted by atomic mass is 9.72. The zero-order valence-corrected chi connectivity index (χ0v) is 46.6. The Hall–Kier alpha value is -6.58. The monoisotopic (exact) mass is 1030 g/mol. The fourth-order valence-electron chi connectivity index (χ4n) is 8.46. The molecule has 0 spiro atoms. The molecular weight excluding hydrogens is 949 g/mol. The molecule has 0 amide bonds. The van der Waals surface area contributed by atoms with E-state index in [2.05, 4.69) is 49.4 Å². The van der Waals surface area contributed by atoms with Gasteiger partial charge in [0.1, 0.15) is 29.5 Å². The van der Waals surface area contributed by atoms with Crippen LogP contribution in [0.25, 0.3) is 0 Å². The zero-order valence-electron chi connectivity index (χ0n) is 46.6. The second-order valence-corrected chi connectivity index (χ2v) is 19.7. The lowest BCUT2D eigenvalue weighted by Gasteiger charge is -2.34. The number of methoxy groups -OCH3 is 2. The van der Waals surface area contributed by atoms with Crippen molar-refractivity contribution in [1.82, 2.24) is 0 Å². The molecule has 16 nitrogen and oxygen atoms in total. The second-order valence-electron chi connectivity index (χ2n) is 19.7. The summed E-state index contributed by atoms with van der Waals surface area (Å²) in [6, 6.07) is 27.9. The van der Waals surface area contributed by atoms with Crippen molar-refractivity contribution in [2.45, 2.75) is 157 Å². The van der Waals surface area contributed by atoms with E-state index in [1.54, 1.807) is 26.4 Å². The molecule has 0 aromatic heterocycles. The molecule has 410 valence electrons. The smallest absolute Gasteiger partial charge is 0.311 e. The van der Waals surface area contributed by atoms with Crippen molar-refractivity contribution in [3.8, 4) is 11.5 Å². The molecule has 4 aromatic rings. The van der Waals surface area contributed by atoms with E-state index in [4.69, 9.17) is 29.1 Å². The number of carbonyl (C=O) groups is 2. The Bertz CT molecular complexity index is 2340. The molecule has 0 bridgehead atoms. The van der Waals surface area contributed by atoms with Gasteiger partial charge in [0.25, 0.3) is 0 Å². The average Bonchev–Trinajstić information content (AvgIpc) is 3.41. The van der Waals surface area contributed by atoms with E-state index < -0.39 is 15.8 Å². The van der Waals surface area contributed by atoms with Crippen molar-refractivity contribution in [2.24, 2.45) is 41.5 Å². The summed E-state index contributed by atoms with van der Waals surface area (Å²) in [6.45, 7) is 13.7. The number of nitrogens with zero attached hydrogens (tertiary/aromatic N) is 8. The van der Waals surface area contributed by atoms with Crippen LogP contribution in [-0.2, 0) is 19.1 Å². The maximum Gasteiger partial charge on any atom is 0.311 e. The van der Waals surface area contributed by atoms with Gasteiger partial charge in [0.15, 0.2) is 7.05 Å². The lowest BCUT2D eigenvalue weighted by Crippen LogP contribution is -2.39. The summed E-state index contributed by atoms with van der Waals surface area (Å²) in [5.74, 6) is 0.339. The molecule has 0 N–H and O–H groups in total. The molecular formula is C59H86N8O8. The largest absolute Gasteiger partial charge is 0.494 e. The highest BCUT2D eigenvalue weighted by Crippen LogP contribution is 2.42. The number of hydrogen-bond donors (Lipinski definition) is 0. The molecule has 1 atom stereocenters. The predicted octanol–water partition coefficient (Wildman–Crippen LogP) is 17.8. The van der Waals surface area contributed by atoms with Gasteiger partial charge in [-0.15, -0.1) is 10.2 Å². The minimum Gasteiger partial charge on any atom is -0.494 e. The number of rotatable bonds is 35. The fraction of sp³-hybridized carbons (Fsp3) is 0.559. The normalized spacial score (nSPS) is 12.3. The van der Waals surface area contributed by atoms with Gasteiger partial charge in [-0.2, -0.15) is 20.5 Å². The van der Waals surface area contributed by atoms with Gasteiger partial charge in [0.2, 0.25) is 0 Å². The highest BCUT2D eigenvalue weighted by Gasteiger charge is 2.43. The van der Waals surface area contributed by atoms with E-state index in [-0.39, 0.29) is 18.5 Å². The molecule has 0 heterocycles. The highest BCUT2D eigenvalue weighted by molar-refractivity contribution is 5.80. The molecule has 0 fully saturated rings. The van der Waals surface area contributed by atoms with Crippen LogP contribution in [0.3, 0.4) is 0 Å². The van der Waals surface area contributed by atoms with E-state index in [1.807, 2.05) is 107 Å². The SMILES string of the molecule is CCCCCCCCCCCCCCCCCCOC(=O)C(C)(CC)CC(C)(C)C(=O)OCCN(CC)c1ccc(N=Nc2cc(OC)c(N=Nc3ccc(N=Nc4ccccc4)cc3)cc2OC)cc1.C[N+](=O)[O-]. The molecule has 0 radical (unpaired) electrons. The number of azo groups is 3. The standard InChI is InChI=1S/C58H83N7O6.CH3NO2/c1-9-12-13-14-15-16-17-18-19-20-21-22-23-24-25-29-41-70-56(67)58(6,10-2)45-57(4,5)55(66)71-42-40-65(11-3)50-38-36-49(37-39-50)62-64-52-44-53(68-7)51(43-54(52)69-8)63-61-48-34-32-47(33-35-48)60-59-46-30-27-26-28-31-46;1-2(3)4/h26-28,30-39,43-44H,9-25,29,40-42,45H2,1-8H3;1H3. The summed E-state index contributed by atoms with van der Waals surface area (Å²) >= 11 is 0. The van der Waals surface area contributed by atoms with Crippen molar-refractivity contribution in [1.29, 1.82) is 0 Å². The number of carbonyl (C=O) groups excluding carboxylic acids is 2. The van der Waals surface area contributed by atoms with Gasteiger partial charge in [-0.25, -0.2) is 0 Å². The molecule has 0 saturated carbocycles. The summed E-state index contributed by atoms with van der Waals surface area (Å²) in [6.07, 6.45) is 21.7. The van der Waals surface area contributed by atoms with Crippen molar-refractivity contribution in [3.05, 3.63) is 101 Å². The molecule has 16 heteroatoms. The van der Waals surface area contributed by atoms with Crippen LogP contribution in [0.1, 0.15) is 157 Å². The molecule has 75 heavy (non-hydrogen) atoms. The average molecular weight is 1040 g/mol. The van der Waals surface area contributed by atoms with Crippen LogP contribution >= 0.6 is 0 Å². The summed E-state index contributed by atoms with van der Waals surface area (Å²) in [4.78, 5) is 37.2. The first kappa shape index (κ1) is 62.7. The maximum absolute atomic E-state index is 13.5. The van der Waals surface area contributed by atoms with Gasteiger partial charge >= 0.3 is 11.9 Å². The van der Waals surface area contributed by atoms with Crippen molar-refractivity contribution >= 4 is 51.8 Å². The number of ether oxygens (including phenoxy) is 4. The van der Waals surface area contributed by atoms with E-state index in [0.29, 0.717) is 72.5 Å². The molecule has 1 unspecified atom stereocenters. The van der Waals surface area contributed by atoms with Crippen LogP contribution in [0.4, 0.5) is 39.8 Å². The van der Waals surface area contributed by atoms with Gasteiger partial charge in [-0.1, -0.05) is 128 Å². The number of hydrogen-bond acceptors (Lipinski definition) is 15. The Morgan fingerprint density at radius 2 is 0.933 bits per heavy atom. The highest BCUT2D eigenvalue weighted by atomic mass is 16.6. The third-order valence-electron chi connectivity index (χ3n) is 13.0. The van der Waals surface area contributed by atoms with Crippen LogP contribution in [0.2, 0.25) is 0 Å². The number of esters is 2. The molecule has 0 aliphatic carbocycles. The first-order chi connectivity index (χ1) is 36.2. The van der Waals surface area contributed by atoms with Crippen molar-refractivity contribution in [3.63, 3.8) is 0 Å². The third kappa shape index (κ3) is 24.5. The van der Waals surface area contributed by atoms with E-state index in [0.717, 1.165) is 31.3 Å². The third-order valence-corrected chi connectivity index (χ3v) is 13.0. The predicted molar refractivity (Wildman–Crippen MR) is 300 cm³/mol. The van der Waals surface area contributed by atoms with Crippen molar-refractivity contribution < 1.29 is 33.5 Å². The Labute approximate surface area is 447 Å². The Balaban J connectivity index is 0.00000357. The summed E-state index contributed by atoms with van der Waals surface area (Å²) < 4.78 is 22.9. The molecule has 0 aliphatic rings. The van der Waals surface area contributed by atoms with Gasteiger partial charge in [-0.3, -0.25) is 19.7 Å². The van der Waals surface area contributed by atoms with E-state index in [9.17, 15) is 9.59 Å². The van der Waals surface area contributed by atoms with Crippen molar-refractivity contribution in [2.75, 3.05) is 52.5 Å². The van der Waals surface area contributed by atoms with Crippen LogP contribution in [0.15, 0.2) is 122 Å². The van der Waals surface area contributed by atoms with E-state index >= 15 is 0 Å². The molecule has 0 saturated heterocycles. The van der Waals surface area contributed by atoms with Gasteiger partial charge in [0.05, 0.1) is 61.0 Å². The zero-order chi connectivity index (χ0) is 54.7. The minimum absolute atomic E-state index is 0.204. The number of benzene rings is 4. The number of nitro groups is 1. The Kier molecular flexibility index (Phi) is 29.8. The van der Waals surface area contributed by atoms with Gasteiger partial charge in [-0.05, 0) is 108 Å². The lowest BCUT2D eigenvalue weighted by molar-refractivity contribution is -0.445. The summed E-state index contributed by atoms with van der Waals surface area (Å²) in [7, 11) is 4.00. The molecule has 4 aromatic carbocycles. The fourth-order valence-corrected chi connectivity index (χ4v) is 8.46. The van der Waals surface area contributed by atoms with Gasteiger partial charge in [0, 0.05) is 29.3 Å². The van der Waals surface area contributed by atoms with Crippen LogP contribution < -0.4 is 14.4 Å². The number of anilines is 1. The van der Waals surface area contributed by atoms with Gasteiger partial charge < -0.3 is 23.8 Å². The molecule has 0 aliphatic heterocycles.